The van der Waals surface area contributed by atoms with Crippen molar-refractivity contribution in [2.24, 2.45) is 5.41 Å². The molecule has 1 N–H and O–H groups in total. The van der Waals surface area contributed by atoms with Gasteiger partial charge in [-0.3, -0.25) is 4.79 Å². The number of likely N-dealkylation sites (N-methyl/N-ethyl adjacent to an activating group) is 1. The first-order valence-electron chi connectivity index (χ1n) is 7.57. The van der Waals surface area contributed by atoms with Gasteiger partial charge in [-0.1, -0.05) is 19.8 Å². The number of ether oxygens (including phenoxy) is 1. The predicted molar refractivity (Wildman–Crippen MR) is 73.8 cm³/mol. The monoisotopic (exact) mass is 269 g/mol. The van der Waals surface area contributed by atoms with E-state index in [2.05, 4.69) is 6.92 Å². The van der Waals surface area contributed by atoms with Crippen molar-refractivity contribution in [2.45, 2.75) is 57.5 Å². The lowest BCUT2D eigenvalue weighted by atomic mass is 9.81. The van der Waals surface area contributed by atoms with Crippen LogP contribution in [0.1, 0.15) is 51.9 Å². The van der Waals surface area contributed by atoms with Crippen LogP contribution < -0.4 is 0 Å². The van der Waals surface area contributed by atoms with E-state index in [-0.39, 0.29) is 11.3 Å². The van der Waals surface area contributed by atoms with Crippen molar-refractivity contribution in [1.29, 1.82) is 0 Å². The summed E-state index contributed by atoms with van der Waals surface area (Å²) in [5.41, 5.74) is -0.910. The summed E-state index contributed by atoms with van der Waals surface area (Å²) in [5, 5.41) is 10.5. The van der Waals surface area contributed by atoms with Crippen molar-refractivity contribution in [1.82, 2.24) is 4.90 Å². The van der Waals surface area contributed by atoms with E-state index in [0.29, 0.717) is 32.6 Å². The third-order valence-electron chi connectivity index (χ3n) is 4.99. The van der Waals surface area contributed by atoms with Gasteiger partial charge < -0.3 is 14.7 Å². The summed E-state index contributed by atoms with van der Waals surface area (Å²) in [6.45, 7) is 3.74. The van der Waals surface area contributed by atoms with Crippen LogP contribution in [0.15, 0.2) is 0 Å². The molecule has 0 aromatic heterocycles. The molecule has 1 aliphatic carbocycles. The van der Waals surface area contributed by atoms with Crippen molar-refractivity contribution < 1.29 is 14.6 Å². The zero-order chi connectivity index (χ0) is 13.9. The molecule has 0 aromatic carbocycles. The van der Waals surface area contributed by atoms with Gasteiger partial charge in [-0.25, -0.2) is 0 Å². The number of hydrogen-bond donors (Lipinski definition) is 1. The second-order valence-electron chi connectivity index (χ2n) is 6.34. The maximum absolute atomic E-state index is 12.7. The second kappa shape index (κ2) is 5.80. The lowest BCUT2D eigenvalue weighted by Gasteiger charge is -2.38. The highest BCUT2D eigenvalue weighted by molar-refractivity contribution is 5.82. The molecule has 2 rings (SSSR count). The molecule has 4 nitrogen and oxygen atoms in total. The lowest BCUT2D eigenvalue weighted by molar-refractivity contribution is -0.147. The third kappa shape index (κ3) is 3.11. The van der Waals surface area contributed by atoms with E-state index in [1.165, 1.54) is 0 Å². The Morgan fingerprint density at radius 3 is 2.32 bits per heavy atom. The summed E-state index contributed by atoms with van der Waals surface area (Å²) in [6.07, 6.45) is 6.50. The number of hydrogen-bond acceptors (Lipinski definition) is 3. The van der Waals surface area contributed by atoms with E-state index in [4.69, 9.17) is 4.74 Å². The first-order valence-corrected chi connectivity index (χ1v) is 7.57. The van der Waals surface area contributed by atoms with Crippen LogP contribution in [0.3, 0.4) is 0 Å². The summed E-state index contributed by atoms with van der Waals surface area (Å²) in [7, 11) is 1.84. The highest BCUT2D eigenvalue weighted by Gasteiger charge is 2.42. The van der Waals surface area contributed by atoms with Crippen LogP contribution in [0.4, 0.5) is 0 Å². The maximum Gasteiger partial charge on any atom is 0.228 e. The summed E-state index contributed by atoms with van der Waals surface area (Å²) in [5.74, 6) is 0.229. The Hall–Kier alpha value is -0.610. The van der Waals surface area contributed by atoms with Crippen LogP contribution in [-0.4, -0.2) is 48.3 Å². The van der Waals surface area contributed by atoms with Gasteiger partial charge in [0, 0.05) is 45.1 Å². The number of carbonyl (C=O) groups excluding carboxylic acids is 1. The highest BCUT2D eigenvalue weighted by Crippen LogP contribution is 2.42. The zero-order valence-electron chi connectivity index (χ0n) is 12.3. The third-order valence-corrected chi connectivity index (χ3v) is 4.99. The molecule has 19 heavy (non-hydrogen) atoms. The molecule has 110 valence electrons. The predicted octanol–water partition coefficient (Wildman–Crippen LogP) is 1.96. The molecule has 0 spiro atoms. The van der Waals surface area contributed by atoms with Gasteiger partial charge in [0.25, 0.3) is 0 Å². The van der Waals surface area contributed by atoms with Gasteiger partial charge in [0.05, 0.1) is 5.60 Å². The Kier molecular flexibility index (Phi) is 4.51. The minimum absolute atomic E-state index is 0.156. The van der Waals surface area contributed by atoms with Gasteiger partial charge in [-0.2, -0.15) is 0 Å². The highest BCUT2D eigenvalue weighted by atomic mass is 16.5. The van der Waals surface area contributed by atoms with Crippen LogP contribution in [0.2, 0.25) is 0 Å². The van der Waals surface area contributed by atoms with Crippen molar-refractivity contribution in [3.8, 4) is 0 Å². The molecule has 1 heterocycles. The average molecular weight is 269 g/mol. The molecule has 1 saturated heterocycles. The lowest BCUT2D eigenvalue weighted by Crippen LogP contribution is -2.50. The quantitative estimate of drug-likeness (QED) is 0.848. The topological polar surface area (TPSA) is 49.8 Å². The van der Waals surface area contributed by atoms with Crippen LogP contribution in [0.25, 0.3) is 0 Å². The zero-order valence-corrected chi connectivity index (χ0v) is 12.3. The number of rotatable bonds is 4. The Balaban J connectivity index is 1.98. The van der Waals surface area contributed by atoms with Crippen LogP contribution in [0.5, 0.6) is 0 Å². The average Bonchev–Trinajstić information content (AvgIpc) is 2.88. The van der Waals surface area contributed by atoms with Crippen molar-refractivity contribution in [2.75, 3.05) is 26.8 Å². The number of nitrogens with zero attached hydrogens (tertiary/aromatic N) is 1. The molecule has 0 bridgehead atoms. The summed E-state index contributed by atoms with van der Waals surface area (Å²) >= 11 is 0. The van der Waals surface area contributed by atoms with Gasteiger partial charge in [0.2, 0.25) is 5.91 Å². The van der Waals surface area contributed by atoms with E-state index in [1.807, 2.05) is 7.05 Å². The Morgan fingerprint density at radius 2 is 1.79 bits per heavy atom. The van der Waals surface area contributed by atoms with Crippen LogP contribution >= 0.6 is 0 Å². The molecule has 4 heteroatoms. The molecular weight excluding hydrogens is 242 g/mol. The minimum atomic E-state index is -0.754. The van der Waals surface area contributed by atoms with E-state index in [1.54, 1.807) is 4.90 Å². The smallest absolute Gasteiger partial charge is 0.228 e. The Morgan fingerprint density at radius 1 is 1.21 bits per heavy atom. The van der Waals surface area contributed by atoms with Crippen molar-refractivity contribution >= 4 is 5.91 Å². The molecule has 0 atom stereocenters. The maximum atomic E-state index is 12.7. The fourth-order valence-corrected chi connectivity index (χ4v) is 3.60. The van der Waals surface area contributed by atoms with E-state index >= 15 is 0 Å². The molecule has 0 aromatic rings. The standard InChI is InChI=1S/C15H27NO3/c1-3-14(6-4-5-7-14)13(17)16(2)12-15(18)8-10-19-11-9-15/h18H,3-12H2,1-2H3. The first-order chi connectivity index (χ1) is 9.01. The minimum Gasteiger partial charge on any atom is -0.388 e. The first kappa shape index (κ1) is 14.8. The number of amides is 1. The Labute approximate surface area is 116 Å². The second-order valence-corrected chi connectivity index (χ2v) is 6.34. The van der Waals surface area contributed by atoms with E-state index in [9.17, 15) is 9.90 Å². The molecule has 2 aliphatic rings. The van der Waals surface area contributed by atoms with Crippen LogP contribution in [0, 0.1) is 5.41 Å². The van der Waals surface area contributed by atoms with Gasteiger partial charge >= 0.3 is 0 Å². The fourth-order valence-electron chi connectivity index (χ4n) is 3.60. The summed E-state index contributed by atoms with van der Waals surface area (Å²) in [4.78, 5) is 14.5. The molecule has 1 saturated carbocycles. The van der Waals surface area contributed by atoms with Gasteiger partial charge in [-0.05, 0) is 19.3 Å². The molecule has 1 amide bonds. The summed E-state index contributed by atoms with van der Waals surface area (Å²) < 4.78 is 5.28. The Bertz CT molecular complexity index is 317. The number of carbonyl (C=O) groups is 1. The molecular formula is C15H27NO3. The van der Waals surface area contributed by atoms with Crippen LogP contribution in [-0.2, 0) is 9.53 Å². The summed E-state index contributed by atoms with van der Waals surface area (Å²) in [6, 6.07) is 0. The SMILES string of the molecule is CCC1(C(=O)N(C)CC2(O)CCOCC2)CCCC1. The normalized spacial score (nSPS) is 25.2. The van der Waals surface area contributed by atoms with Gasteiger partial charge in [-0.15, -0.1) is 0 Å². The fraction of sp³-hybridized carbons (Fsp3) is 0.933. The molecule has 2 fully saturated rings. The number of aliphatic hydroxyl groups is 1. The largest absolute Gasteiger partial charge is 0.388 e. The van der Waals surface area contributed by atoms with Gasteiger partial charge in [0.1, 0.15) is 0 Å². The molecule has 0 unspecified atom stereocenters. The van der Waals surface area contributed by atoms with Gasteiger partial charge in [0.15, 0.2) is 0 Å². The van der Waals surface area contributed by atoms with E-state index in [0.717, 1.165) is 32.1 Å². The van der Waals surface area contributed by atoms with Crippen molar-refractivity contribution in [3.63, 3.8) is 0 Å². The molecule has 0 radical (unpaired) electrons. The molecule has 1 aliphatic heterocycles. The van der Waals surface area contributed by atoms with Crippen molar-refractivity contribution in [3.05, 3.63) is 0 Å². The van der Waals surface area contributed by atoms with E-state index < -0.39 is 5.60 Å².